The van der Waals surface area contributed by atoms with Crippen molar-refractivity contribution in [3.05, 3.63) is 29.1 Å². The number of nitrogens with one attached hydrogen (secondary N) is 1. The molecular weight excluding hydrogens is 292 g/mol. The van der Waals surface area contributed by atoms with Crippen LogP contribution in [0.4, 0.5) is 4.79 Å². The van der Waals surface area contributed by atoms with Gasteiger partial charge in [-0.2, -0.15) is 5.10 Å². The van der Waals surface area contributed by atoms with Crippen molar-refractivity contribution in [2.75, 3.05) is 7.11 Å². The Labute approximate surface area is 125 Å². The van der Waals surface area contributed by atoms with Crippen molar-refractivity contribution < 1.29 is 14.6 Å². The molecule has 0 aliphatic rings. The van der Waals surface area contributed by atoms with E-state index < -0.39 is 6.03 Å². The van der Waals surface area contributed by atoms with Crippen LogP contribution < -0.4 is 15.9 Å². The Balaban J connectivity index is 2.29. The lowest BCUT2D eigenvalue weighted by atomic mass is 10.2. The van der Waals surface area contributed by atoms with E-state index in [1.807, 2.05) is 24.3 Å². The largest absolute Gasteiger partial charge is 0.497 e. The number of rotatable bonds is 4. The Hall–Kier alpha value is -2.61. The molecule has 21 heavy (non-hydrogen) atoms. The molecule has 2 rings (SSSR count). The Kier molecular flexibility index (Phi) is 4.39. The summed E-state index contributed by atoms with van der Waals surface area (Å²) in [6, 6.07) is 6.53. The third-order valence-corrected chi connectivity index (χ3v) is 3.81. The highest BCUT2D eigenvalue weighted by Crippen LogP contribution is 2.32. The highest BCUT2D eigenvalue weighted by Gasteiger charge is 2.14. The molecule has 0 radical (unpaired) electrons. The van der Waals surface area contributed by atoms with Crippen molar-refractivity contribution in [3.8, 4) is 22.2 Å². The van der Waals surface area contributed by atoms with Gasteiger partial charge in [-0.25, -0.2) is 15.2 Å². The highest BCUT2D eigenvalue weighted by molar-refractivity contribution is 7.17. The maximum atomic E-state index is 10.6. The van der Waals surface area contributed by atoms with Crippen LogP contribution in [0.2, 0.25) is 0 Å². The summed E-state index contributed by atoms with van der Waals surface area (Å²) in [4.78, 5) is 15.2. The fourth-order valence-electron chi connectivity index (χ4n) is 1.59. The summed E-state index contributed by atoms with van der Waals surface area (Å²) in [6.45, 7) is 1.64. The van der Waals surface area contributed by atoms with Crippen LogP contribution in [-0.4, -0.2) is 28.9 Å². The number of carbonyl (C=O) groups excluding carboxylic acids is 1. The van der Waals surface area contributed by atoms with Gasteiger partial charge in [0.1, 0.15) is 15.6 Å². The first-order valence-electron chi connectivity index (χ1n) is 5.95. The summed E-state index contributed by atoms with van der Waals surface area (Å²) in [5.41, 5.74) is 8.32. The van der Waals surface area contributed by atoms with Crippen LogP contribution >= 0.6 is 11.3 Å². The maximum absolute atomic E-state index is 10.6. The van der Waals surface area contributed by atoms with Crippen molar-refractivity contribution in [2.45, 2.75) is 6.92 Å². The van der Waals surface area contributed by atoms with Gasteiger partial charge in [0.15, 0.2) is 0 Å². The molecule has 0 fully saturated rings. The van der Waals surface area contributed by atoms with Gasteiger partial charge in [-0.1, -0.05) is 0 Å². The average Bonchev–Trinajstić information content (AvgIpc) is 2.87. The van der Waals surface area contributed by atoms with Crippen LogP contribution in [0.5, 0.6) is 11.6 Å². The number of amides is 2. The number of hydrogen-bond donors (Lipinski definition) is 3. The van der Waals surface area contributed by atoms with Gasteiger partial charge < -0.3 is 15.6 Å². The number of ether oxygens (including phenoxy) is 1. The van der Waals surface area contributed by atoms with Gasteiger partial charge in [0.2, 0.25) is 5.88 Å². The predicted octanol–water partition coefficient (Wildman–Crippen LogP) is 1.92. The van der Waals surface area contributed by atoms with Crippen LogP contribution in [0.1, 0.15) is 11.8 Å². The third-order valence-electron chi connectivity index (χ3n) is 2.61. The molecule has 110 valence electrons. The maximum Gasteiger partial charge on any atom is 0.332 e. The first-order chi connectivity index (χ1) is 10.0. The SMILES string of the molecule is COc1ccc(-c2nc(O)c(/C(C)=N\NC(N)=O)s2)cc1. The van der Waals surface area contributed by atoms with Gasteiger partial charge in [-0.15, -0.1) is 11.3 Å². The first kappa shape index (κ1) is 14.8. The van der Waals surface area contributed by atoms with E-state index in [1.165, 1.54) is 11.3 Å². The molecule has 8 heteroatoms. The van der Waals surface area contributed by atoms with Crippen LogP contribution in [0.3, 0.4) is 0 Å². The average molecular weight is 306 g/mol. The molecule has 0 atom stereocenters. The molecule has 0 aliphatic heterocycles. The Morgan fingerprint density at radius 3 is 2.67 bits per heavy atom. The molecule has 2 amide bonds. The van der Waals surface area contributed by atoms with Crippen LogP contribution in [0, 0.1) is 0 Å². The summed E-state index contributed by atoms with van der Waals surface area (Å²) in [6.07, 6.45) is 0. The number of hydrazone groups is 1. The zero-order valence-corrected chi connectivity index (χ0v) is 12.3. The quantitative estimate of drug-likeness (QED) is 0.592. The normalized spacial score (nSPS) is 11.2. The molecular formula is C13H14N4O3S. The van der Waals surface area contributed by atoms with Crippen molar-refractivity contribution in [3.63, 3.8) is 0 Å². The van der Waals surface area contributed by atoms with Crippen molar-refractivity contribution in [1.29, 1.82) is 0 Å². The number of nitrogens with two attached hydrogens (primary N) is 1. The minimum absolute atomic E-state index is 0.140. The second-order valence-electron chi connectivity index (χ2n) is 4.07. The van der Waals surface area contributed by atoms with Crippen molar-refractivity contribution in [1.82, 2.24) is 10.4 Å². The fourth-order valence-corrected chi connectivity index (χ4v) is 2.50. The lowest BCUT2D eigenvalue weighted by Gasteiger charge is -1.99. The number of nitrogens with zero attached hydrogens (tertiary/aromatic N) is 2. The van der Waals surface area contributed by atoms with Gasteiger partial charge in [0, 0.05) is 5.56 Å². The molecule has 7 nitrogen and oxygen atoms in total. The van der Waals surface area contributed by atoms with Crippen LogP contribution in [-0.2, 0) is 0 Å². The Morgan fingerprint density at radius 1 is 1.43 bits per heavy atom. The molecule has 0 bridgehead atoms. The third kappa shape index (κ3) is 3.48. The lowest BCUT2D eigenvalue weighted by Crippen LogP contribution is -2.25. The lowest BCUT2D eigenvalue weighted by molar-refractivity contribution is 0.249. The molecule has 0 spiro atoms. The van der Waals surface area contributed by atoms with E-state index >= 15 is 0 Å². The summed E-state index contributed by atoms with van der Waals surface area (Å²) >= 11 is 1.26. The zero-order valence-electron chi connectivity index (χ0n) is 11.5. The minimum Gasteiger partial charge on any atom is -0.497 e. The second-order valence-corrected chi connectivity index (χ2v) is 5.07. The van der Waals surface area contributed by atoms with Crippen LogP contribution in [0.25, 0.3) is 10.6 Å². The number of hydrogen-bond acceptors (Lipinski definition) is 6. The molecule has 0 saturated carbocycles. The number of benzene rings is 1. The number of aromatic hydroxyl groups is 1. The Bertz CT molecular complexity index is 679. The van der Waals surface area contributed by atoms with E-state index in [4.69, 9.17) is 10.5 Å². The number of aromatic nitrogens is 1. The summed E-state index contributed by atoms with van der Waals surface area (Å²) in [7, 11) is 1.59. The number of thiazole rings is 1. The van der Waals surface area contributed by atoms with E-state index in [9.17, 15) is 9.90 Å². The van der Waals surface area contributed by atoms with E-state index in [1.54, 1.807) is 14.0 Å². The van der Waals surface area contributed by atoms with Gasteiger partial charge in [-0.05, 0) is 31.2 Å². The number of carbonyl (C=O) groups is 1. The predicted molar refractivity (Wildman–Crippen MR) is 80.7 cm³/mol. The van der Waals surface area contributed by atoms with Gasteiger partial charge in [0.05, 0.1) is 12.8 Å². The number of methoxy groups -OCH3 is 1. The number of primary amides is 1. The van der Waals surface area contributed by atoms with Crippen molar-refractivity contribution in [2.24, 2.45) is 10.8 Å². The van der Waals surface area contributed by atoms with E-state index in [-0.39, 0.29) is 5.88 Å². The molecule has 1 heterocycles. The minimum atomic E-state index is -0.770. The molecule has 1 aromatic carbocycles. The topological polar surface area (TPSA) is 110 Å². The molecule has 0 aliphatic carbocycles. The number of urea groups is 1. The fraction of sp³-hybridized carbons (Fsp3) is 0.154. The molecule has 0 unspecified atom stereocenters. The van der Waals surface area contributed by atoms with E-state index in [2.05, 4.69) is 15.5 Å². The molecule has 0 saturated heterocycles. The summed E-state index contributed by atoms with van der Waals surface area (Å²) < 4.78 is 5.09. The van der Waals surface area contributed by atoms with Gasteiger partial charge in [-0.3, -0.25) is 0 Å². The smallest absolute Gasteiger partial charge is 0.332 e. The van der Waals surface area contributed by atoms with E-state index in [0.29, 0.717) is 15.6 Å². The van der Waals surface area contributed by atoms with Crippen LogP contribution in [0.15, 0.2) is 29.4 Å². The van der Waals surface area contributed by atoms with Gasteiger partial charge >= 0.3 is 6.03 Å². The molecule has 4 N–H and O–H groups in total. The summed E-state index contributed by atoms with van der Waals surface area (Å²) in [5.74, 6) is 0.599. The highest BCUT2D eigenvalue weighted by atomic mass is 32.1. The molecule has 1 aromatic heterocycles. The summed E-state index contributed by atoms with van der Waals surface area (Å²) in [5, 5.41) is 14.3. The second kappa shape index (κ2) is 6.23. The zero-order chi connectivity index (χ0) is 15.4. The molecule has 2 aromatic rings. The van der Waals surface area contributed by atoms with E-state index in [0.717, 1.165) is 11.3 Å². The first-order valence-corrected chi connectivity index (χ1v) is 6.77. The monoisotopic (exact) mass is 306 g/mol. The standard InChI is InChI=1S/C13H14N4O3S/c1-7(16-17-13(14)19)10-11(18)15-12(21-10)8-3-5-9(20-2)6-4-8/h3-6,18H,1-2H3,(H3,14,17,19)/b16-7-. The Morgan fingerprint density at radius 2 is 2.10 bits per heavy atom. The van der Waals surface area contributed by atoms with Gasteiger partial charge in [0.25, 0.3) is 0 Å². The van der Waals surface area contributed by atoms with Crippen molar-refractivity contribution >= 4 is 23.1 Å².